The SMILES string of the molecule is CCCCCCCCCCCCCCCCCCCCCC[C@@H](O)C(=O)N[C@@H](CO[C@@H]1O[C@H](CO)[C@@H](O[C@@H]2O[C@H](CO)[C@H](O[C@]3(C(=O)O)C[C@H](O[C@H]4O[C@H](CO)[C@H](O)[C@H](O[C@H]5O[C@H](CO)[C@H](O)[C@H](O[C@@H]6O[C@@H]([C@H](O)CO)[C@H](O)[C@H]6O)[C@H]5O)[C@H]4O)[C@@H](NC(C)=O)[C@H]([C@H](O)[C@H](O)CO)O3)[C@H](O)[C@H]2O)[C@H](O)[C@H]1O)[C@H](O)[C@H](O)CCCCCCCCCCCC. The average Bonchev–Trinajstić information content (AvgIpc) is 1.29. The minimum Gasteiger partial charge on any atom is -0.477 e. The van der Waals surface area contributed by atoms with Crippen LogP contribution in [0.25, 0.3) is 0 Å². The van der Waals surface area contributed by atoms with E-state index in [0.717, 1.165) is 84.0 Å². The summed E-state index contributed by atoms with van der Waals surface area (Å²) in [5.41, 5.74) is 0. The molecule has 6 aliphatic heterocycles. The quantitative estimate of drug-likeness (QED) is 0.0261. The van der Waals surface area contributed by atoms with Gasteiger partial charge in [0.25, 0.3) is 5.79 Å². The lowest BCUT2D eigenvalue weighted by molar-refractivity contribution is -0.395. The average molecular weight is 1760 g/mol. The number of ether oxygens (including phenoxy) is 12. The van der Waals surface area contributed by atoms with Crippen molar-refractivity contribution in [3.05, 3.63) is 0 Å². The number of carbonyl (C=O) groups excluding carboxylic acids is 2. The molecule has 35 atom stereocenters. The number of aliphatic hydroxyl groups excluding tert-OH is 22. The van der Waals surface area contributed by atoms with E-state index in [0.29, 0.717) is 12.8 Å². The van der Waals surface area contributed by atoms with Crippen molar-refractivity contribution in [2.24, 2.45) is 0 Å². The maximum atomic E-state index is 14.0. The van der Waals surface area contributed by atoms with Gasteiger partial charge in [-0.2, -0.15) is 0 Å². The van der Waals surface area contributed by atoms with Gasteiger partial charge in [0.2, 0.25) is 11.8 Å². The highest BCUT2D eigenvalue weighted by Gasteiger charge is 2.63. The molecular formula is C81H148N2O38. The van der Waals surface area contributed by atoms with Crippen LogP contribution in [0.5, 0.6) is 0 Å². The highest BCUT2D eigenvalue weighted by molar-refractivity contribution is 5.80. The maximum absolute atomic E-state index is 14.0. The number of carbonyl (C=O) groups is 3. The molecule has 0 bridgehead atoms. The number of unbranched alkanes of at least 4 members (excludes halogenated alkanes) is 28. The Hall–Kier alpha value is -2.95. The molecule has 0 spiro atoms. The molecular weight excluding hydrogens is 1610 g/mol. The third-order valence-corrected chi connectivity index (χ3v) is 23.8. The molecule has 121 heavy (non-hydrogen) atoms. The number of aliphatic hydroxyl groups is 22. The van der Waals surface area contributed by atoms with Gasteiger partial charge < -0.3 is 185 Å². The smallest absolute Gasteiger partial charge is 0.364 e. The van der Waals surface area contributed by atoms with Crippen molar-refractivity contribution in [2.75, 3.05) is 46.2 Å². The molecule has 0 radical (unpaired) electrons. The van der Waals surface area contributed by atoms with Crippen LogP contribution < -0.4 is 10.6 Å². The highest BCUT2D eigenvalue weighted by atomic mass is 16.8. The van der Waals surface area contributed by atoms with E-state index >= 15 is 0 Å². The van der Waals surface area contributed by atoms with Crippen molar-refractivity contribution in [1.82, 2.24) is 10.6 Å². The second kappa shape index (κ2) is 55.8. The van der Waals surface area contributed by atoms with Crippen LogP contribution in [0.2, 0.25) is 0 Å². The van der Waals surface area contributed by atoms with Gasteiger partial charge >= 0.3 is 5.97 Å². The first kappa shape index (κ1) is 107. The Kier molecular flexibility index (Phi) is 49.3. The summed E-state index contributed by atoms with van der Waals surface area (Å²) in [5.74, 6) is -7.52. The fraction of sp³-hybridized carbons (Fsp3) is 0.963. The van der Waals surface area contributed by atoms with Crippen LogP contribution in [0.1, 0.15) is 233 Å². The largest absolute Gasteiger partial charge is 0.477 e. The molecule has 6 rings (SSSR count). The molecule has 0 aliphatic carbocycles. The second-order valence-corrected chi connectivity index (χ2v) is 33.4. The molecule has 0 unspecified atom stereocenters. The number of hydrogen-bond donors (Lipinski definition) is 25. The lowest BCUT2D eigenvalue weighted by Crippen LogP contribution is -2.72. The number of nitrogens with one attached hydrogen (secondary N) is 2. The van der Waals surface area contributed by atoms with Crippen molar-refractivity contribution < 1.29 is 189 Å². The molecule has 40 heteroatoms. The van der Waals surface area contributed by atoms with E-state index in [4.69, 9.17) is 56.8 Å². The summed E-state index contributed by atoms with van der Waals surface area (Å²) in [6.45, 7) is -2.22. The van der Waals surface area contributed by atoms with Gasteiger partial charge in [-0.05, 0) is 12.8 Å². The number of hydrogen-bond acceptors (Lipinski definition) is 37. The van der Waals surface area contributed by atoms with E-state index in [1.54, 1.807) is 0 Å². The number of carboxylic acid groups (broad SMARTS) is 1. The molecule has 6 fully saturated rings. The van der Waals surface area contributed by atoms with Gasteiger partial charge in [0.05, 0.1) is 70.5 Å². The maximum Gasteiger partial charge on any atom is 0.364 e. The zero-order valence-corrected chi connectivity index (χ0v) is 70.3. The van der Waals surface area contributed by atoms with Gasteiger partial charge in [0, 0.05) is 13.3 Å². The Morgan fingerprint density at radius 3 is 1.25 bits per heavy atom. The summed E-state index contributed by atoms with van der Waals surface area (Å²) < 4.78 is 69.8. The van der Waals surface area contributed by atoms with Crippen LogP contribution in [0.3, 0.4) is 0 Å². The Balaban J connectivity index is 1.12. The second-order valence-electron chi connectivity index (χ2n) is 33.4. The van der Waals surface area contributed by atoms with Crippen LogP contribution in [-0.2, 0) is 71.2 Å². The number of carboxylic acids is 1. The standard InChI is InChI=1S/C81H148N2O38/c1-4-6-8-10-12-14-16-17-18-19-20-21-22-23-24-25-27-29-31-33-35-47(92)74(107)83-45(56(95)46(91)34-32-30-28-26-15-13-11-9-7-5-2)43-110-75-63(102)61(100)69(53(41-88)114-75)117-76-65(104)62(101)70(54(42-89)115-76)120-81(80(108)109)36-50(55(82-44(3)90)71(121-81)57(96)48(93)37-84)111-78-66(105)72(58(97)51(39-86)112-78)119-79-67(106)73(59(98)52(40-87)113-79)118-77-64(103)60(99)68(116-77)49(94)38-85/h45-73,75-79,84-89,91-106H,4-43H2,1-3H3,(H,82,90)(H,83,107)(H,108,109)/t45-,46+,47+,48+,49+,50-,51+,52+,53+,54+,55+,56-,57+,58-,59-,60+,61+,62+,63+,64+,65+,66+,67+,68-,69+,70-,71+,72-,73-,75+,76-,77-,78-,79+,81+/m0/s1. The third-order valence-electron chi connectivity index (χ3n) is 23.8. The van der Waals surface area contributed by atoms with Crippen molar-refractivity contribution in [3.8, 4) is 0 Å². The summed E-state index contributed by atoms with van der Waals surface area (Å²) in [6, 6.07) is -3.43. The first-order valence-electron chi connectivity index (χ1n) is 44.1. The van der Waals surface area contributed by atoms with E-state index < -0.39 is 285 Å². The van der Waals surface area contributed by atoms with Crippen LogP contribution in [0.4, 0.5) is 0 Å². The van der Waals surface area contributed by atoms with Crippen molar-refractivity contribution in [2.45, 2.75) is 447 Å². The molecule has 40 nitrogen and oxygen atoms in total. The zero-order valence-electron chi connectivity index (χ0n) is 70.3. The van der Waals surface area contributed by atoms with Crippen LogP contribution in [-0.4, -0.2) is 396 Å². The van der Waals surface area contributed by atoms with E-state index in [2.05, 4.69) is 24.5 Å². The number of amides is 2. The summed E-state index contributed by atoms with van der Waals surface area (Å²) in [6.07, 6.45) is -33.7. The van der Waals surface area contributed by atoms with Gasteiger partial charge in [0.1, 0.15) is 153 Å². The van der Waals surface area contributed by atoms with E-state index in [9.17, 15) is 132 Å². The Morgan fingerprint density at radius 2 is 0.802 bits per heavy atom. The van der Waals surface area contributed by atoms with Crippen LogP contribution >= 0.6 is 0 Å². The van der Waals surface area contributed by atoms with E-state index in [1.807, 2.05) is 0 Å². The summed E-state index contributed by atoms with van der Waals surface area (Å²) in [5, 5.41) is 260. The molecule has 6 saturated heterocycles. The first-order chi connectivity index (χ1) is 57.9. The monoisotopic (exact) mass is 1760 g/mol. The number of aliphatic carboxylic acids is 1. The minimum atomic E-state index is -3.44. The van der Waals surface area contributed by atoms with Gasteiger partial charge in [-0.25, -0.2) is 4.79 Å². The lowest BCUT2D eigenvalue weighted by atomic mass is 9.87. The summed E-state index contributed by atoms with van der Waals surface area (Å²) in [7, 11) is 0. The van der Waals surface area contributed by atoms with Gasteiger partial charge in [-0.3, -0.25) is 9.59 Å². The Bertz CT molecular complexity index is 2800. The molecule has 0 aromatic rings. The molecule has 6 heterocycles. The van der Waals surface area contributed by atoms with Crippen molar-refractivity contribution >= 4 is 17.8 Å². The predicted octanol–water partition coefficient (Wildman–Crippen LogP) is -3.64. The predicted molar refractivity (Wildman–Crippen MR) is 421 cm³/mol. The van der Waals surface area contributed by atoms with Crippen LogP contribution in [0.15, 0.2) is 0 Å². The van der Waals surface area contributed by atoms with Gasteiger partial charge in [-0.1, -0.05) is 206 Å². The Labute approximate surface area is 707 Å². The van der Waals surface area contributed by atoms with Crippen molar-refractivity contribution in [3.63, 3.8) is 0 Å². The molecule has 25 N–H and O–H groups in total. The lowest BCUT2D eigenvalue weighted by Gasteiger charge is -2.52. The van der Waals surface area contributed by atoms with Gasteiger partial charge in [-0.15, -0.1) is 0 Å². The summed E-state index contributed by atoms with van der Waals surface area (Å²) in [4.78, 5) is 40.7. The normalized spacial score (nSPS) is 35.9. The van der Waals surface area contributed by atoms with Gasteiger partial charge in [0.15, 0.2) is 31.5 Å². The minimum absolute atomic E-state index is 0.0823. The topological polar surface area (TPSA) is 651 Å². The van der Waals surface area contributed by atoms with E-state index in [-0.39, 0.29) is 12.8 Å². The number of rotatable bonds is 60. The first-order valence-corrected chi connectivity index (χ1v) is 44.1. The molecule has 6 aliphatic rings. The van der Waals surface area contributed by atoms with E-state index in [1.165, 1.54) is 103 Å². The molecule has 0 saturated carbocycles. The fourth-order valence-electron chi connectivity index (χ4n) is 16.5. The molecule has 2 amide bonds. The summed E-state index contributed by atoms with van der Waals surface area (Å²) >= 11 is 0. The molecule has 0 aromatic carbocycles. The highest BCUT2D eigenvalue weighted by Crippen LogP contribution is 2.42. The third kappa shape index (κ3) is 31.7. The van der Waals surface area contributed by atoms with Crippen LogP contribution in [0, 0.1) is 0 Å². The Morgan fingerprint density at radius 1 is 0.413 bits per heavy atom. The van der Waals surface area contributed by atoms with Crippen molar-refractivity contribution in [1.29, 1.82) is 0 Å². The molecule has 710 valence electrons. The zero-order chi connectivity index (χ0) is 89.0. The fourth-order valence-corrected chi connectivity index (χ4v) is 16.5. The molecule has 0 aromatic heterocycles.